The van der Waals surface area contributed by atoms with Crippen LogP contribution in [-0.4, -0.2) is 47.0 Å². The molecule has 1 fully saturated rings. The summed E-state index contributed by atoms with van der Waals surface area (Å²) < 4.78 is 32.9. The van der Waals surface area contributed by atoms with Gasteiger partial charge in [0.05, 0.1) is 22.8 Å². The number of amides is 1. The number of nitrogens with zero attached hydrogens (tertiary/aromatic N) is 3. The van der Waals surface area contributed by atoms with Gasteiger partial charge in [0.15, 0.2) is 5.83 Å². The Morgan fingerprint density at radius 1 is 1.21 bits per heavy atom. The molecule has 3 aromatic rings. The molecule has 34 heavy (non-hydrogen) atoms. The molecule has 2 heterocycles. The van der Waals surface area contributed by atoms with E-state index in [0.717, 1.165) is 26.1 Å². The first kappa shape index (κ1) is 23.8. The highest BCUT2D eigenvalue weighted by atomic mass is 35.5. The molecule has 1 saturated heterocycles. The Bertz CT molecular complexity index is 1220. The highest BCUT2D eigenvalue weighted by molar-refractivity contribution is 6.31. The summed E-state index contributed by atoms with van der Waals surface area (Å²) in [5, 5.41) is 6.05. The Balaban J connectivity index is 1.60. The predicted octanol–water partition coefficient (Wildman–Crippen LogP) is 5.45. The van der Waals surface area contributed by atoms with Crippen molar-refractivity contribution in [1.82, 2.24) is 14.9 Å². The number of benzene rings is 2. The van der Waals surface area contributed by atoms with E-state index in [-0.39, 0.29) is 10.7 Å². The Morgan fingerprint density at radius 2 is 2.00 bits per heavy atom. The maximum Gasteiger partial charge on any atom is 0.283 e. The van der Waals surface area contributed by atoms with Crippen LogP contribution >= 0.6 is 11.6 Å². The van der Waals surface area contributed by atoms with Gasteiger partial charge in [-0.1, -0.05) is 18.2 Å². The van der Waals surface area contributed by atoms with Crippen molar-refractivity contribution in [2.75, 3.05) is 36.9 Å². The average Bonchev–Trinajstić information content (AvgIpc) is 3.33. The monoisotopic (exact) mass is 487 g/mol. The molecule has 0 bridgehead atoms. The number of likely N-dealkylation sites (tertiary alicyclic amines) is 1. The molecule has 0 aliphatic carbocycles. The molecule has 10 heteroatoms. The number of anilines is 3. The lowest BCUT2D eigenvalue weighted by Crippen LogP contribution is -2.22. The minimum absolute atomic E-state index is 0.0395. The van der Waals surface area contributed by atoms with Crippen LogP contribution in [0.4, 0.5) is 26.0 Å². The van der Waals surface area contributed by atoms with Crippen molar-refractivity contribution in [2.45, 2.75) is 19.3 Å². The summed E-state index contributed by atoms with van der Waals surface area (Å²) >= 11 is 5.87. The van der Waals surface area contributed by atoms with Crippen LogP contribution in [0, 0.1) is 5.82 Å². The van der Waals surface area contributed by atoms with Gasteiger partial charge in [-0.05, 0) is 56.6 Å². The van der Waals surface area contributed by atoms with Crippen molar-refractivity contribution in [1.29, 1.82) is 0 Å². The summed E-state index contributed by atoms with van der Waals surface area (Å²) in [6.45, 7) is 6.59. The van der Waals surface area contributed by atoms with Gasteiger partial charge in [-0.2, -0.15) is 0 Å². The van der Waals surface area contributed by atoms with Gasteiger partial charge in [0.25, 0.3) is 5.91 Å². The molecular formula is C24H24ClF2N5O2. The Kier molecular flexibility index (Phi) is 7.54. The molecule has 0 spiro atoms. The summed E-state index contributed by atoms with van der Waals surface area (Å²) in [5.74, 6) is -1.88. The molecule has 178 valence electrons. The molecule has 4 rings (SSSR count). The topological polar surface area (TPSA) is 79.4 Å². The molecule has 0 atom stereocenters. The fourth-order valence-corrected chi connectivity index (χ4v) is 3.96. The molecule has 0 saturated carbocycles. The Labute approximate surface area is 200 Å². The van der Waals surface area contributed by atoms with Crippen LogP contribution in [0.3, 0.4) is 0 Å². The van der Waals surface area contributed by atoms with Crippen LogP contribution in [0.25, 0.3) is 10.9 Å². The lowest BCUT2D eigenvalue weighted by molar-refractivity contribution is -0.114. The van der Waals surface area contributed by atoms with Crippen molar-refractivity contribution < 1.29 is 18.3 Å². The van der Waals surface area contributed by atoms with E-state index in [0.29, 0.717) is 34.8 Å². The Morgan fingerprint density at radius 3 is 2.74 bits per heavy atom. The van der Waals surface area contributed by atoms with Crippen molar-refractivity contribution in [3.8, 4) is 5.75 Å². The number of hydrogen-bond donors (Lipinski definition) is 2. The largest absolute Gasteiger partial charge is 0.491 e. The van der Waals surface area contributed by atoms with Crippen molar-refractivity contribution in [2.24, 2.45) is 0 Å². The third-order valence-electron chi connectivity index (χ3n) is 5.49. The molecule has 1 amide bonds. The van der Waals surface area contributed by atoms with Gasteiger partial charge in [0, 0.05) is 23.7 Å². The lowest BCUT2D eigenvalue weighted by Gasteiger charge is -2.17. The van der Waals surface area contributed by atoms with E-state index in [2.05, 4.69) is 32.1 Å². The van der Waals surface area contributed by atoms with E-state index in [1.165, 1.54) is 37.4 Å². The molecule has 7 nitrogen and oxygen atoms in total. The minimum atomic E-state index is -1.12. The zero-order chi connectivity index (χ0) is 24.1. The number of halogens is 3. The van der Waals surface area contributed by atoms with Gasteiger partial charge in [-0.3, -0.25) is 4.79 Å². The van der Waals surface area contributed by atoms with Crippen LogP contribution in [0.1, 0.15) is 19.3 Å². The second-order valence-corrected chi connectivity index (χ2v) is 8.36. The van der Waals surface area contributed by atoms with E-state index in [4.69, 9.17) is 16.3 Å². The fourth-order valence-electron chi connectivity index (χ4n) is 3.78. The van der Waals surface area contributed by atoms with E-state index >= 15 is 0 Å². The number of carbonyl (C=O) groups is 1. The van der Waals surface area contributed by atoms with Gasteiger partial charge in [0.1, 0.15) is 23.7 Å². The summed E-state index contributed by atoms with van der Waals surface area (Å²) in [4.78, 5) is 22.9. The highest BCUT2D eigenvalue weighted by Gasteiger charge is 2.16. The second kappa shape index (κ2) is 10.8. The first-order chi connectivity index (χ1) is 16.4. The molecular weight excluding hydrogens is 464 g/mol. The maximum atomic E-state index is 13.5. The number of aromatic nitrogens is 2. The third-order valence-corrected chi connectivity index (χ3v) is 5.78. The Hall–Kier alpha value is -3.30. The average molecular weight is 488 g/mol. The SMILES string of the molecule is C=C(F)C(=O)Nc1cc2c(Nc3ccc(F)c(Cl)c3)ncnc2cc1OCCCN1CCCC1. The van der Waals surface area contributed by atoms with Crippen LogP contribution in [0.2, 0.25) is 5.02 Å². The smallest absolute Gasteiger partial charge is 0.283 e. The minimum Gasteiger partial charge on any atom is -0.491 e. The molecule has 0 radical (unpaired) electrons. The van der Waals surface area contributed by atoms with E-state index in [1.807, 2.05) is 0 Å². The summed E-state index contributed by atoms with van der Waals surface area (Å²) in [6, 6.07) is 7.44. The summed E-state index contributed by atoms with van der Waals surface area (Å²) in [7, 11) is 0. The molecule has 2 aromatic carbocycles. The van der Waals surface area contributed by atoms with Crippen molar-refractivity contribution >= 4 is 45.6 Å². The maximum absolute atomic E-state index is 13.5. The molecule has 1 aromatic heterocycles. The molecule has 2 N–H and O–H groups in total. The van der Waals surface area contributed by atoms with Crippen molar-refractivity contribution in [3.63, 3.8) is 0 Å². The standard InChI is InChI=1S/C24H24ClF2N5O2/c1-15(26)24(33)31-21-12-17-20(13-22(21)34-10-4-9-32-7-2-3-8-32)28-14-29-23(17)30-16-5-6-19(27)18(25)11-16/h5-6,11-14H,1-4,7-10H2,(H,31,33)(H,28,29,30). The van der Waals surface area contributed by atoms with Gasteiger partial charge in [-0.25, -0.2) is 18.7 Å². The van der Waals surface area contributed by atoms with Gasteiger partial charge in [-0.15, -0.1) is 0 Å². The number of fused-ring (bicyclic) bond motifs is 1. The van der Waals surface area contributed by atoms with E-state index in [9.17, 15) is 13.6 Å². The number of rotatable bonds is 9. The van der Waals surface area contributed by atoms with Gasteiger partial charge >= 0.3 is 0 Å². The van der Waals surface area contributed by atoms with Gasteiger partial charge < -0.3 is 20.3 Å². The van der Waals surface area contributed by atoms with Crippen LogP contribution in [-0.2, 0) is 4.79 Å². The summed E-state index contributed by atoms with van der Waals surface area (Å²) in [6.07, 6.45) is 4.61. The second-order valence-electron chi connectivity index (χ2n) is 7.95. The zero-order valence-electron chi connectivity index (χ0n) is 18.4. The quantitative estimate of drug-likeness (QED) is 0.308. The first-order valence-electron chi connectivity index (χ1n) is 10.9. The van der Waals surface area contributed by atoms with Gasteiger partial charge in [0.2, 0.25) is 0 Å². The fraction of sp³-hybridized carbons (Fsp3) is 0.292. The first-order valence-corrected chi connectivity index (χ1v) is 11.3. The third kappa shape index (κ3) is 5.78. The number of nitrogens with one attached hydrogen (secondary N) is 2. The van der Waals surface area contributed by atoms with Crippen LogP contribution in [0.5, 0.6) is 5.75 Å². The lowest BCUT2D eigenvalue weighted by atomic mass is 10.1. The highest BCUT2D eigenvalue weighted by Crippen LogP contribution is 2.34. The van der Waals surface area contributed by atoms with Crippen LogP contribution < -0.4 is 15.4 Å². The predicted molar refractivity (Wildman–Crippen MR) is 129 cm³/mol. The number of hydrogen-bond acceptors (Lipinski definition) is 6. The number of carbonyl (C=O) groups excluding carboxylic acids is 1. The van der Waals surface area contributed by atoms with Crippen molar-refractivity contribution in [3.05, 3.63) is 59.9 Å². The number of ether oxygens (including phenoxy) is 1. The van der Waals surface area contributed by atoms with E-state index in [1.54, 1.807) is 12.1 Å². The molecule has 1 aliphatic rings. The normalized spacial score (nSPS) is 13.7. The van der Waals surface area contributed by atoms with Crippen LogP contribution in [0.15, 0.2) is 49.1 Å². The summed E-state index contributed by atoms with van der Waals surface area (Å²) in [5.41, 5.74) is 1.31. The molecule has 0 unspecified atom stereocenters. The zero-order valence-corrected chi connectivity index (χ0v) is 19.2. The van der Waals surface area contributed by atoms with E-state index < -0.39 is 17.6 Å². The molecule has 1 aliphatic heterocycles.